The lowest BCUT2D eigenvalue weighted by molar-refractivity contribution is -0.133. The van der Waals surface area contributed by atoms with E-state index in [4.69, 9.17) is 10.2 Å². The summed E-state index contributed by atoms with van der Waals surface area (Å²) in [6.45, 7) is 3.61. The Kier molecular flexibility index (Phi) is 3.39. The lowest BCUT2D eigenvalue weighted by atomic mass is 10.2. The predicted molar refractivity (Wildman–Crippen MR) is 71.0 cm³/mol. The van der Waals surface area contributed by atoms with Gasteiger partial charge in [0.15, 0.2) is 0 Å². The maximum atomic E-state index is 11.8. The molecule has 0 aliphatic heterocycles. The highest BCUT2D eigenvalue weighted by atomic mass is 16.3. The zero-order chi connectivity index (χ0) is 13.3. The van der Waals surface area contributed by atoms with Crippen LogP contribution >= 0.6 is 0 Å². The Morgan fingerprint density at radius 3 is 2.61 bits per heavy atom. The molecule has 2 N–H and O–H groups in total. The molecule has 2 aromatic rings. The van der Waals surface area contributed by atoms with Crippen LogP contribution in [0.3, 0.4) is 0 Å². The maximum Gasteiger partial charge on any atom is 0.239 e. The Morgan fingerprint density at radius 1 is 1.33 bits per heavy atom. The summed E-state index contributed by atoms with van der Waals surface area (Å²) in [6, 6.07) is 9.13. The highest BCUT2D eigenvalue weighted by Crippen LogP contribution is 2.26. The van der Waals surface area contributed by atoms with E-state index in [-0.39, 0.29) is 11.9 Å². The average Bonchev–Trinajstić information content (AvgIpc) is 2.79. The van der Waals surface area contributed by atoms with Gasteiger partial charge in [0.25, 0.3) is 0 Å². The van der Waals surface area contributed by atoms with Crippen molar-refractivity contribution in [1.29, 1.82) is 0 Å². The van der Waals surface area contributed by atoms with Crippen LogP contribution < -0.4 is 5.73 Å². The summed E-state index contributed by atoms with van der Waals surface area (Å²) in [6.07, 6.45) is 0. The molecule has 4 heteroatoms. The summed E-state index contributed by atoms with van der Waals surface area (Å²) in [5, 5.41) is 1.04. The number of carbonyl (C=O) groups is 1. The minimum absolute atomic E-state index is 0.0945. The van der Waals surface area contributed by atoms with Gasteiger partial charge in [0, 0.05) is 12.4 Å². The number of likely N-dealkylation sites (N-methyl/N-ethyl adjacent to an activating group) is 1. The zero-order valence-corrected chi connectivity index (χ0v) is 10.9. The van der Waals surface area contributed by atoms with E-state index < -0.39 is 6.04 Å². The van der Waals surface area contributed by atoms with E-state index in [1.807, 2.05) is 37.3 Å². The fourth-order valence-corrected chi connectivity index (χ4v) is 1.91. The Morgan fingerprint density at radius 2 is 2.00 bits per heavy atom. The molecule has 1 aromatic heterocycles. The number of benzene rings is 1. The molecule has 1 aromatic carbocycles. The van der Waals surface area contributed by atoms with Gasteiger partial charge in [-0.3, -0.25) is 4.79 Å². The zero-order valence-electron chi connectivity index (χ0n) is 10.9. The van der Waals surface area contributed by atoms with Crippen molar-refractivity contribution < 1.29 is 9.21 Å². The van der Waals surface area contributed by atoms with E-state index in [0.29, 0.717) is 0 Å². The first-order valence-electron chi connectivity index (χ1n) is 6.01. The monoisotopic (exact) mass is 246 g/mol. The summed E-state index contributed by atoms with van der Waals surface area (Å²) in [7, 11) is 1.74. The van der Waals surface area contributed by atoms with Crippen LogP contribution in [-0.2, 0) is 4.79 Å². The van der Waals surface area contributed by atoms with Gasteiger partial charge >= 0.3 is 0 Å². The molecule has 2 rings (SSSR count). The molecule has 0 saturated heterocycles. The van der Waals surface area contributed by atoms with Crippen molar-refractivity contribution in [3.05, 3.63) is 36.1 Å². The smallest absolute Gasteiger partial charge is 0.239 e. The summed E-state index contributed by atoms with van der Waals surface area (Å²) in [5.74, 6) is 0.677. The number of hydrogen-bond donors (Lipinski definition) is 1. The van der Waals surface area contributed by atoms with Crippen molar-refractivity contribution in [1.82, 2.24) is 4.90 Å². The number of nitrogens with two attached hydrogens (primary N) is 1. The second kappa shape index (κ2) is 4.82. The highest BCUT2D eigenvalue weighted by molar-refractivity contribution is 5.82. The van der Waals surface area contributed by atoms with Gasteiger partial charge in [-0.25, -0.2) is 0 Å². The van der Waals surface area contributed by atoms with Gasteiger partial charge in [0.2, 0.25) is 5.91 Å². The molecular weight excluding hydrogens is 228 g/mol. The lowest BCUT2D eigenvalue weighted by Gasteiger charge is -2.24. The Bertz CT molecular complexity index is 527. The molecule has 4 nitrogen and oxygen atoms in total. The normalized spacial score (nSPS) is 14.4. The molecular formula is C14H18N2O2. The molecule has 18 heavy (non-hydrogen) atoms. The molecule has 0 bridgehead atoms. The van der Waals surface area contributed by atoms with Crippen molar-refractivity contribution in [3.8, 4) is 0 Å². The van der Waals surface area contributed by atoms with E-state index in [1.165, 1.54) is 0 Å². The third kappa shape index (κ3) is 2.24. The lowest BCUT2D eigenvalue weighted by Crippen LogP contribution is -2.40. The molecule has 1 unspecified atom stereocenters. The van der Waals surface area contributed by atoms with E-state index in [9.17, 15) is 4.79 Å². The van der Waals surface area contributed by atoms with Crippen molar-refractivity contribution in [2.75, 3.05) is 7.05 Å². The molecule has 96 valence electrons. The second-order valence-corrected chi connectivity index (χ2v) is 4.60. The van der Waals surface area contributed by atoms with Gasteiger partial charge in [-0.05, 0) is 26.0 Å². The number of rotatable bonds is 3. The van der Waals surface area contributed by atoms with Gasteiger partial charge in [0.05, 0.1) is 12.1 Å². The molecule has 0 saturated carbocycles. The average molecular weight is 246 g/mol. The molecule has 0 aliphatic carbocycles. The van der Waals surface area contributed by atoms with E-state index >= 15 is 0 Å². The Balaban J connectivity index is 2.27. The number of amides is 1. The van der Waals surface area contributed by atoms with Gasteiger partial charge in [-0.15, -0.1) is 0 Å². The van der Waals surface area contributed by atoms with E-state index in [2.05, 4.69) is 0 Å². The van der Waals surface area contributed by atoms with Gasteiger partial charge in [0.1, 0.15) is 11.3 Å². The van der Waals surface area contributed by atoms with Crippen molar-refractivity contribution in [2.45, 2.75) is 25.9 Å². The van der Waals surface area contributed by atoms with Crippen LogP contribution in [0, 0.1) is 0 Å². The van der Waals surface area contributed by atoms with Crippen molar-refractivity contribution >= 4 is 16.9 Å². The summed E-state index contributed by atoms with van der Waals surface area (Å²) >= 11 is 0. The summed E-state index contributed by atoms with van der Waals surface area (Å²) in [4.78, 5) is 13.4. The SMILES string of the molecule is CC(c1cc2ccccc2o1)N(C)C(=O)[C@@H](C)N. The fraction of sp³-hybridized carbons (Fsp3) is 0.357. The number of carbonyl (C=O) groups excluding carboxylic acids is 1. The van der Waals surface area contributed by atoms with Crippen LogP contribution in [0.15, 0.2) is 34.7 Å². The van der Waals surface area contributed by atoms with Gasteiger partial charge < -0.3 is 15.1 Å². The van der Waals surface area contributed by atoms with Gasteiger partial charge in [-0.2, -0.15) is 0 Å². The topological polar surface area (TPSA) is 59.5 Å². The third-order valence-electron chi connectivity index (χ3n) is 3.17. The predicted octanol–water partition coefficient (Wildman–Crippen LogP) is 2.30. The first-order valence-corrected chi connectivity index (χ1v) is 6.01. The van der Waals surface area contributed by atoms with Gasteiger partial charge in [-0.1, -0.05) is 18.2 Å². The minimum Gasteiger partial charge on any atom is -0.459 e. The first-order chi connectivity index (χ1) is 8.50. The number of nitrogens with zero attached hydrogens (tertiary/aromatic N) is 1. The fourth-order valence-electron chi connectivity index (χ4n) is 1.91. The molecule has 0 fully saturated rings. The second-order valence-electron chi connectivity index (χ2n) is 4.60. The maximum absolute atomic E-state index is 11.8. The van der Waals surface area contributed by atoms with Crippen LogP contribution in [-0.4, -0.2) is 23.9 Å². The van der Waals surface area contributed by atoms with Crippen molar-refractivity contribution in [3.63, 3.8) is 0 Å². The first kappa shape index (κ1) is 12.6. The summed E-state index contributed by atoms with van der Waals surface area (Å²) in [5.41, 5.74) is 6.44. The molecule has 0 radical (unpaired) electrons. The number of para-hydroxylation sites is 1. The van der Waals surface area contributed by atoms with Crippen LogP contribution in [0.25, 0.3) is 11.0 Å². The largest absolute Gasteiger partial charge is 0.459 e. The number of hydrogen-bond acceptors (Lipinski definition) is 3. The van der Waals surface area contributed by atoms with Crippen LogP contribution in [0.1, 0.15) is 25.6 Å². The molecule has 0 aliphatic rings. The minimum atomic E-state index is -0.498. The Labute approximate surface area is 106 Å². The quantitative estimate of drug-likeness (QED) is 0.904. The highest BCUT2D eigenvalue weighted by Gasteiger charge is 2.22. The van der Waals surface area contributed by atoms with E-state index in [1.54, 1.807) is 18.9 Å². The van der Waals surface area contributed by atoms with Crippen molar-refractivity contribution in [2.24, 2.45) is 5.73 Å². The molecule has 0 spiro atoms. The molecule has 1 amide bonds. The van der Waals surface area contributed by atoms with Crippen LogP contribution in [0.2, 0.25) is 0 Å². The van der Waals surface area contributed by atoms with Crippen LogP contribution in [0.4, 0.5) is 0 Å². The third-order valence-corrected chi connectivity index (χ3v) is 3.17. The van der Waals surface area contributed by atoms with E-state index in [0.717, 1.165) is 16.7 Å². The molecule has 1 heterocycles. The number of fused-ring (bicyclic) bond motifs is 1. The summed E-state index contributed by atoms with van der Waals surface area (Å²) < 4.78 is 5.75. The standard InChI is InChI=1S/C14H18N2O2/c1-9(15)14(17)16(3)10(2)13-8-11-6-4-5-7-12(11)18-13/h4-10H,15H2,1-3H3/t9-,10?/m1/s1. The Hall–Kier alpha value is -1.81. The number of furan rings is 1. The van der Waals surface area contributed by atoms with Crippen LogP contribution in [0.5, 0.6) is 0 Å². The molecule has 2 atom stereocenters.